The van der Waals surface area contributed by atoms with Crippen molar-refractivity contribution >= 4 is 0 Å². The molecule has 4 nitrogen and oxygen atoms in total. The van der Waals surface area contributed by atoms with Gasteiger partial charge in [-0.05, 0) is 48.2 Å². The maximum atomic E-state index is 8.95. The lowest BCUT2D eigenvalue weighted by Crippen LogP contribution is -2.13. The van der Waals surface area contributed by atoms with E-state index in [4.69, 9.17) is 14.7 Å². The first-order chi connectivity index (χ1) is 12.1. The third-order valence-corrected chi connectivity index (χ3v) is 3.59. The SMILES string of the molecule is CCOc1cc(CNCc2cccc(C#N)c2)ccc1OCC(C)C. The van der Waals surface area contributed by atoms with Crippen LogP contribution in [0.15, 0.2) is 42.5 Å². The molecule has 25 heavy (non-hydrogen) atoms. The Hall–Kier alpha value is -2.51. The van der Waals surface area contributed by atoms with Gasteiger partial charge in [0.1, 0.15) is 0 Å². The van der Waals surface area contributed by atoms with E-state index in [-0.39, 0.29) is 0 Å². The standard InChI is InChI=1S/C21H26N2O2/c1-4-24-21-11-19(8-9-20(21)25-15-16(2)3)14-23-13-18-7-5-6-17(10-18)12-22/h5-11,16,23H,4,13-15H2,1-3H3. The monoisotopic (exact) mass is 338 g/mol. The molecule has 0 amide bonds. The van der Waals surface area contributed by atoms with E-state index in [2.05, 4.69) is 31.3 Å². The van der Waals surface area contributed by atoms with Gasteiger partial charge in [-0.25, -0.2) is 0 Å². The normalized spacial score (nSPS) is 10.5. The zero-order chi connectivity index (χ0) is 18.1. The molecule has 0 aliphatic rings. The highest BCUT2D eigenvalue weighted by Crippen LogP contribution is 2.29. The molecule has 2 aromatic rings. The molecule has 0 aromatic heterocycles. The minimum atomic E-state index is 0.472. The first-order valence-electron chi connectivity index (χ1n) is 8.70. The second-order valence-corrected chi connectivity index (χ2v) is 6.33. The van der Waals surface area contributed by atoms with Crippen LogP contribution in [0.5, 0.6) is 11.5 Å². The Labute approximate surface area is 150 Å². The van der Waals surface area contributed by atoms with Crippen LogP contribution in [0.2, 0.25) is 0 Å². The molecule has 0 saturated heterocycles. The molecule has 0 aliphatic carbocycles. The van der Waals surface area contributed by atoms with Crippen LogP contribution in [-0.4, -0.2) is 13.2 Å². The number of nitrogens with zero attached hydrogens (tertiary/aromatic N) is 1. The summed E-state index contributed by atoms with van der Waals surface area (Å²) in [5, 5.41) is 12.4. The van der Waals surface area contributed by atoms with Crippen molar-refractivity contribution in [3.8, 4) is 17.6 Å². The van der Waals surface area contributed by atoms with Gasteiger partial charge in [0.2, 0.25) is 0 Å². The van der Waals surface area contributed by atoms with Gasteiger partial charge in [0.25, 0.3) is 0 Å². The fourth-order valence-electron chi connectivity index (χ4n) is 2.41. The summed E-state index contributed by atoms with van der Waals surface area (Å²) in [6.45, 7) is 8.94. The highest BCUT2D eigenvalue weighted by Gasteiger charge is 2.07. The molecule has 0 spiro atoms. The lowest BCUT2D eigenvalue weighted by molar-refractivity contribution is 0.248. The first-order valence-corrected chi connectivity index (χ1v) is 8.70. The summed E-state index contributed by atoms with van der Waals surface area (Å²) in [6, 6.07) is 15.9. The van der Waals surface area contributed by atoms with Crippen molar-refractivity contribution in [2.24, 2.45) is 5.92 Å². The minimum absolute atomic E-state index is 0.472. The third-order valence-electron chi connectivity index (χ3n) is 3.59. The van der Waals surface area contributed by atoms with E-state index in [9.17, 15) is 0 Å². The van der Waals surface area contributed by atoms with Crippen LogP contribution in [0.4, 0.5) is 0 Å². The van der Waals surface area contributed by atoms with Crippen LogP contribution in [-0.2, 0) is 13.1 Å². The van der Waals surface area contributed by atoms with Crippen LogP contribution in [0, 0.1) is 17.2 Å². The zero-order valence-electron chi connectivity index (χ0n) is 15.2. The Morgan fingerprint density at radius 1 is 1.00 bits per heavy atom. The molecule has 1 N–H and O–H groups in total. The summed E-state index contributed by atoms with van der Waals surface area (Å²) < 4.78 is 11.5. The summed E-state index contributed by atoms with van der Waals surface area (Å²) in [5.41, 5.74) is 2.92. The number of nitriles is 1. The molecule has 2 rings (SSSR count). The van der Waals surface area contributed by atoms with Gasteiger partial charge >= 0.3 is 0 Å². The average molecular weight is 338 g/mol. The minimum Gasteiger partial charge on any atom is -0.490 e. The summed E-state index contributed by atoms with van der Waals surface area (Å²) in [4.78, 5) is 0. The Kier molecular flexibility index (Phi) is 7.31. The average Bonchev–Trinajstić information content (AvgIpc) is 2.61. The zero-order valence-corrected chi connectivity index (χ0v) is 15.2. The van der Waals surface area contributed by atoms with E-state index in [1.165, 1.54) is 0 Å². The molecule has 0 saturated carbocycles. The van der Waals surface area contributed by atoms with Crippen molar-refractivity contribution < 1.29 is 9.47 Å². The largest absolute Gasteiger partial charge is 0.490 e. The number of benzene rings is 2. The number of hydrogen-bond acceptors (Lipinski definition) is 4. The van der Waals surface area contributed by atoms with Crippen LogP contribution in [0.25, 0.3) is 0 Å². The van der Waals surface area contributed by atoms with Gasteiger partial charge in [-0.15, -0.1) is 0 Å². The van der Waals surface area contributed by atoms with Crippen molar-refractivity contribution in [1.29, 1.82) is 5.26 Å². The number of nitrogens with one attached hydrogen (secondary N) is 1. The quantitative estimate of drug-likeness (QED) is 0.741. The Balaban J connectivity index is 1.97. The summed E-state index contributed by atoms with van der Waals surface area (Å²) in [6.07, 6.45) is 0. The summed E-state index contributed by atoms with van der Waals surface area (Å²) in [5.74, 6) is 2.05. The van der Waals surface area contributed by atoms with E-state index in [1.54, 1.807) is 0 Å². The molecular weight excluding hydrogens is 312 g/mol. The smallest absolute Gasteiger partial charge is 0.161 e. The van der Waals surface area contributed by atoms with Gasteiger partial charge in [-0.2, -0.15) is 5.26 Å². The van der Waals surface area contributed by atoms with Gasteiger partial charge in [-0.1, -0.05) is 32.0 Å². The fraction of sp³-hybridized carbons (Fsp3) is 0.381. The highest BCUT2D eigenvalue weighted by atomic mass is 16.5. The Morgan fingerprint density at radius 2 is 1.76 bits per heavy atom. The highest BCUT2D eigenvalue weighted by molar-refractivity contribution is 5.43. The van der Waals surface area contributed by atoms with Gasteiger partial charge < -0.3 is 14.8 Å². The van der Waals surface area contributed by atoms with Crippen molar-refractivity contribution in [1.82, 2.24) is 5.32 Å². The predicted octanol–water partition coefficient (Wildman–Crippen LogP) is 4.28. The summed E-state index contributed by atoms with van der Waals surface area (Å²) in [7, 11) is 0. The molecule has 0 unspecified atom stereocenters. The van der Waals surface area contributed by atoms with Crippen molar-refractivity contribution in [2.45, 2.75) is 33.9 Å². The van der Waals surface area contributed by atoms with Crippen LogP contribution < -0.4 is 14.8 Å². The second kappa shape index (κ2) is 9.71. The van der Waals surface area contributed by atoms with Gasteiger partial charge in [0, 0.05) is 13.1 Å². The molecule has 132 valence electrons. The van der Waals surface area contributed by atoms with Crippen LogP contribution in [0.1, 0.15) is 37.5 Å². The van der Waals surface area contributed by atoms with Crippen molar-refractivity contribution in [3.63, 3.8) is 0 Å². The van der Waals surface area contributed by atoms with E-state index in [1.807, 2.05) is 43.3 Å². The second-order valence-electron chi connectivity index (χ2n) is 6.33. The molecule has 0 radical (unpaired) electrons. The number of ether oxygens (including phenoxy) is 2. The van der Waals surface area contributed by atoms with Crippen molar-refractivity contribution in [2.75, 3.05) is 13.2 Å². The van der Waals surface area contributed by atoms with E-state index in [0.29, 0.717) is 31.2 Å². The lowest BCUT2D eigenvalue weighted by Gasteiger charge is -2.15. The maximum absolute atomic E-state index is 8.95. The molecular formula is C21H26N2O2. The molecule has 2 aromatic carbocycles. The van der Waals surface area contributed by atoms with Gasteiger partial charge in [0.05, 0.1) is 24.8 Å². The fourth-order valence-corrected chi connectivity index (χ4v) is 2.41. The first kappa shape index (κ1) is 18.8. The maximum Gasteiger partial charge on any atom is 0.161 e. The molecule has 0 fully saturated rings. The molecule has 4 heteroatoms. The van der Waals surface area contributed by atoms with E-state index < -0.39 is 0 Å². The number of rotatable bonds is 9. The molecule has 0 aliphatic heterocycles. The van der Waals surface area contributed by atoms with Crippen molar-refractivity contribution in [3.05, 3.63) is 59.2 Å². The molecule has 0 atom stereocenters. The third kappa shape index (κ3) is 6.13. The Morgan fingerprint density at radius 3 is 2.44 bits per heavy atom. The van der Waals surface area contributed by atoms with E-state index in [0.717, 1.165) is 29.2 Å². The molecule has 0 bridgehead atoms. The Bertz CT molecular complexity index is 720. The van der Waals surface area contributed by atoms with E-state index >= 15 is 0 Å². The lowest BCUT2D eigenvalue weighted by atomic mass is 10.1. The van der Waals surface area contributed by atoms with Gasteiger partial charge in [-0.3, -0.25) is 0 Å². The van der Waals surface area contributed by atoms with Crippen LogP contribution in [0.3, 0.4) is 0 Å². The predicted molar refractivity (Wildman–Crippen MR) is 99.6 cm³/mol. The van der Waals surface area contributed by atoms with Crippen LogP contribution >= 0.6 is 0 Å². The molecule has 0 heterocycles. The summed E-state index contributed by atoms with van der Waals surface area (Å²) >= 11 is 0. The topological polar surface area (TPSA) is 54.3 Å². The van der Waals surface area contributed by atoms with Gasteiger partial charge in [0.15, 0.2) is 11.5 Å². The number of hydrogen-bond donors (Lipinski definition) is 1.